The van der Waals surface area contributed by atoms with Gasteiger partial charge in [0, 0.05) is 19.5 Å². The molecule has 0 amide bonds. The Morgan fingerprint density at radius 1 is 1.39 bits per heavy atom. The van der Waals surface area contributed by atoms with E-state index >= 15 is 0 Å². The van der Waals surface area contributed by atoms with Gasteiger partial charge in [0.15, 0.2) is 11.5 Å². The number of rotatable bonds is 3. The van der Waals surface area contributed by atoms with Crippen molar-refractivity contribution in [1.29, 1.82) is 0 Å². The summed E-state index contributed by atoms with van der Waals surface area (Å²) in [7, 11) is 0. The number of hydrogen-bond acceptors (Lipinski definition) is 5. The summed E-state index contributed by atoms with van der Waals surface area (Å²) in [6.07, 6.45) is 2.72. The lowest BCUT2D eigenvalue weighted by atomic mass is 10.2. The maximum atomic E-state index is 5.53. The van der Waals surface area contributed by atoms with Crippen molar-refractivity contribution in [2.75, 3.05) is 6.54 Å². The molecule has 3 aromatic rings. The van der Waals surface area contributed by atoms with Gasteiger partial charge in [0.2, 0.25) is 0 Å². The maximum Gasteiger partial charge on any atom is 0.192 e. The third-order valence-corrected chi connectivity index (χ3v) is 3.80. The van der Waals surface area contributed by atoms with Crippen LogP contribution in [0.4, 0.5) is 0 Å². The molecule has 2 heterocycles. The number of thiazole rings is 1. The van der Waals surface area contributed by atoms with Gasteiger partial charge in [0.1, 0.15) is 5.52 Å². The third kappa shape index (κ3) is 2.02. The molecule has 18 heavy (non-hydrogen) atoms. The van der Waals surface area contributed by atoms with E-state index in [-0.39, 0.29) is 0 Å². The molecule has 0 radical (unpaired) electrons. The van der Waals surface area contributed by atoms with E-state index in [1.54, 1.807) is 11.3 Å². The van der Waals surface area contributed by atoms with Gasteiger partial charge in [-0.3, -0.25) is 0 Å². The maximum absolute atomic E-state index is 5.53. The van der Waals surface area contributed by atoms with E-state index in [1.165, 1.54) is 0 Å². The molecule has 1 aromatic carbocycles. The summed E-state index contributed by atoms with van der Waals surface area (Å²) in [6, 6.07) is 6.02. The van der Waals surface area contributed by atoms with Crippen LogP contribution in [-0.4, -0.2) is 16.5 Å². The summed E-state index contributed by atoms with van der Waals surface area (Å²) in [5.74, 6) is 0.690. The summed E-state index contributed by atoms with van der Waals surface area (Å²) in [5.41, 5.74) is 8.36. The molecular weight excluding hydrogens is 246 g/mol. The first-order chi connectivity index (χ1) is 8.76. The standard InChI is InChI=1S/C13H13N3OS/c1-8-16-10-6-9(2-3-11(10)17-8)12-7-15-13(18-12)4-5-14/h2-3,6-7H,4-5,14H2,1H3. The molecule has 0 aliphatic heterocycles. The Hall–Kier alpha value is -1.72. The van der Waals surface area contributed by atoms with E-state index in [0.717, 1.165) is 33.0 Å². The van der Waals surface area contributed by atoms with Crippen molar-refractivity contribution in [3.8, 4) is 10.4 Å². The Balaban J connectivity index is 2.01. The van der Waals surface area contributed by atoms with Gasteiger partial charge in [-0.1, -0.05) is 0 Å². The molecule has 0 bridgehead atoms. The largest absolute Gasteiger partial charge is 0.441 e. The molecule has 5 heteroatoms. The van der Waals surface area contributed by atoms with E-state index in [2.05, 4.69) is 9.97 Å². The van der Waals surface area contributed by atoms with Crippen molar-refractivity contribution in [3.05, 3.63) is 35.3 Å². The van der Waals surface area contributed by atoms with Gasteiger partial charge in [-0.05, 0) is 30.3 Å². The van der Waals surface area contributed by atoms with Crippen LogP contribution in [0.2, 0.25) is 0 Å². The van der Waals surface area contributed by atoms with Crippen molar-refractivity contribution < 1.29 is 4.42 Å². The minimum atomic E-state index is 0.633. The van der Waals surface area contributed by atoms with Crippen molar-refractivity contribution in [1.82, 2.24) is 9.97 Å². The number of fused-ring (bicyclic) bond motifs is 1. The fraction of sp³-hybridized carbons (Fsp3) is 0.231. The normalized spacial score (nSPS) is 11.2. The zero-order valence-electron chi connectivity index (χ0n) is 10.0. The molecule has 0 unspecified atom stereocenters. The highest BCUT2D eigenvalue weighted by Crippen LogP contribution is 2.29. The highest BCUT2D eigenvalue weighted by atomic mass is 32.1. The van der Waals surface area contributed by atoms with Crippen LogP contribution in [0.15, 0.2) is 28.8 Å². The lowest BCUT2D eigenvalue weighted by Crippen LogP contribution is -2.01. The number of nitrogens with two attached hydrogens (primary N) is 1. The smallest absolute Gasteiger partial charge is 0.192 e. The van der Waals surface area contributed by atoms with Crippen LogP contribution in [0.25, 0.3) is 21.5 Å². The monoisotopic (exact) mass is 259 g/mol. The van der Waals surface area contributed by atoms with Gasteiger partial charge in [-0.2, -0.15) is 0 Å². The topological polar surface area (TPSA) is 64.9 Å². The van der Waals surface area contributed by atoms with E-state index in [0.29, 0.717) is 12.4 Å². The van der Waals surface area contributed by atoms with E-state index < -0.39 is 0 Å². The molecular formula is C13H13N3OS. The van der Waals surface area contributed by atoms with Crippen LogP contribution in [0.1, 0.15) is 10.9 Å². The van der Waals surface area contributed by atoms with Crippen LogP contribution >= 0.6 is 11.3 Å². The van der Waals surface area contributed by atoms with Gasteiger partial charge < -0.3 is 10.2 Å². The summed E-state index contributed by atoms with van der Waals surface area (Å²) in [6.45, 7) is 2.49. The lowest BCUT2D eigenvalue weighted by molar-refractivity contribution is 0.561. The van der Waals surface area contributed by atoms with Gasteiger partial charge in [0.25, 0.3) is 0 Å². The number of aryl methyl sites for hydroxylation is 1. The van der Waals surface area contributed by atoms with Crippen LogP contribution < -0.4 is 5.73 Å². The summed E-state index contributed by atoms with van der Waals surface area (Å²) < 4.78 is 5.46. The second-order valence-corrected chi connectivity index (χ2v) is 5.19. The molecule has 2 N–H and O–H groups in total. The van der Waals surface area contributed by atoms with E-state index in [1.807, 2.05) is 31.3 Å². The van der Waals surface area contributed by atoms with Crippen LogP contribution in [0, 0.1) is 6.92 Å². The summed E-state index contributed by atoms with van der Waals surface area (Å²) >= 11 is 1.68. The Morgan fingerprint density at radius 2 is 2.28 bits per heavy atom. The number of aromatic nitrogens is 2. The molecule has 0 saturated carbocycles. The highest BCUT2D eigenvalue weighted by molar-refractivity contribution is 7.15. The second-order valence-electron chi connectivity index (χ2n) is 4.07. The number of hydrogen-bond donors (Lipinski definition) is 1. The van der Waals surface area contributed by atoms with Crippen molar-refractivity contribution in [2.45, 2.75) is 13.3 Å². The molecule has 0 saturated heterocycles. The summed E-state index contributed by atoms with van der Waals surface area (Å²) in [5, 5.41) is 1.07. The molecule has 0 aliphatic carbocycles. The SMILES string of the molecule is Cc1nc2cc(-c3cnc(CCN)s3)ccc2o1. The Morgan fingerprint density at radius 3 is 3.11 bits per heavy atom. The molecule has 92 valence electrons. The highest BCUT2D eigenvalue weighted by Gasteiger charge is 2.07. The predicted molar refractivity (Wildman–Crippen MR) is 72.6 cm³/mol. The fourth-order valence-corrected chi connectivity index (χ4v) is 2.81. The third-order valence-electron chi connectivity index (χ3n) is 2.69. The van der Waals surface area contributed by atoms with Crippen LogP contribution in [0.5, 0.6) is 0 Å². The molecule has 0 spiro atoms. The van der Waals surface area contributed by atoms with E-state index in [4.69, 9.17) is 10.2 Å². The van der Waals surface area contributed by atoms with Crippen LogP contribution in [-0.2, 0) is 6.42 Å². The number of benzene rings is 1. The van der Waals surface area contributed by atoms with Gasteiger partial charge in [-0.15, -0.1) is 11.3 Å². The van der Waals surface area contributed by atoms with Crippen molar-refractivity contribution >= 4 is 22.4 Å². The lowest BCUT2D eigenvalue weighted by Gasteiger charge is -1.95. The van der Waals surface area contributed by atoms with Gasteiger partial charge in [0.05, 0.1) is 9.88 Å². The Labute approximate surface area is 108 Å². The first kappa shape index (κ1) is 11.4. The van der Waals surface area contributed by atoms with Gasteiger partial charge in [-0.25, -0.2) is 9.97 Å². The molecule has 2 aromatic heterocycles. The van der Waals surface area contributed by atoms with Gasteiger partial charge >= 0.3 is 0 Å². The second kappa shape index (κ2) is 4.51. The van der Waals surface area contributed by atoms with Crippen LogP contribution in [0.3, 0.4) is 0 Å². The van der Waals surface area contributed by atoms with Crippen molar-refractivity contribution in [3.63, 3.8) is 0 Å². The average Bonchev–Trinajstić information content (AvgIpc) is 2.93. The molecule has 4 nitrogen and oxygen atoms in total. The van der Waals surface area contributed by atoms with Crippen molar-refractivity contribution in [2.24, 2.45) is 5.73 Å². The fourth-order valence-electron chi connectivity index (χ4n) is 1.88. The first-order valence-corrected chi connectivity index (χ1v) is 6.60. The predicted octanol–water partition coefficient (Wildman–Crippen LogP) is 2.76. The average molecular weight is 259 g/mol. The zero-order valence-corrected chi connectivity index (χ0v) is 10.8. The Kier molecular flexibility index (Phi) is 2.85. The summed E-state index contributed by atoms with van der Waals surface area (Å²) in [4.78, 5) is 9.84. The molecule has 0 atom stereocenters. The Bertz CT molecular complexity index is 686. The minimum Gasteiger partial charge on any atom is -0.441 e. The molecule has 0 aliphatic rings. The minimum absolute atomic E-state index is 0.633. The quantitative estimate of drug-likeness (QED) is 0.785. The zero-order chi connectivity index (χ0) is 12.5. The number of nitrogens with zero attached hydrogens (tertiary/aromatic N) is 2. The number of oxazole rings is 1. The van der Waals surface area contributed by atoms with E-state index in [9.17, 15) is 0 Å². The molecule has 3 rings (SSSR count). The first-order valence-electron chi connectivity index (χ1n) is 5.78. The molecule has 0 fully saturated rings.